The number of carbonyl (C=O) groups is 3. The summed E-state index contributed by atoms with van der Waals surface area (Å²) in [6.07, 6.45) is -13.0. The first-order valence-corrected chi connectivity index (χ1v) is 13.5. The summed E-state index contributed by atoms with van der Waals surface area (Å²) in [6, 6.07) is 6.36. The lowest BCUT2D eigenvalue weighted by molar-refractivity contribution is -0.152. The second-order valence-corrected chi connectivity index (χ2v) is 11.8. The Labute approximate surface area is 262 Å². The number of ketones is 1. The van der Waals surface area contributed by atoms with Crippen LogP contribution in [0.3, 0.4) is 0 Å². The van der Waals surface area contributed by atoms with Crippen LogP contribution in [0.2, 0.25) is 5.02 Å². The number of hydrogen-bond donors (Lipinski definition) is 2. The summed E-state index contributed by atoms with van der Waals surface area (Å²) >= 11 is 18.4. The highest BCUT2D eigenvalue weighted by Crippen LogP contribution is 2.65. The third-order valence-electron chi connectivity index (χ3n) is 6.63. The van der Waals surface area contributed by atoms with Gasteiger partial charge in [0.05, 0.1) is 27.8 Å². The Hall–Kier alpha value is -3.49. The zero-order chi connectivity index (χ0) is 33.6. The molecule has 0 aliphatic heterocycles. The van der Waals surface area contributed by atoms with Crippen LogP contribution in [0, 0.1) is 23.4 Å². The molecule has 1 fully saturated rings. The van der Waals surface area contributed by atoms with Crippen LogP contribution in [-0.2, 0) is 22.2 Å². The fourth-order valence-electron chi connectivity index (χ4n) is 4.55. The van der Waals surface area contributed by atoms with Crippen LogP contribution in [0.15, 0.2) is 48.5 Å². The Morgan fingerprint density at radius 3 is 2.16 bits per heavy atom. The van der Waals surface area contributed by atoms with Gasteiger partial charge in [-0.2, -0.15) is 26.3 Å². The van der Waals surface area contributed by atoms with Crippen molar-refractivity contribution in [3.63, 3.8) is 0 Å². The molecule has 0 aromatic heterocycles. The summed E-state index contributed by atoms with van der Waals surface area (Å²) in [5, 5.41) is 4.18. The minimum absolute atomic E-state index is 0.113. The molecular weight excluding hydrogens is 690 g/mol. The van der Waals surface area contributed by atoms with Gasteiger partial charge in [0.2, 0.25) is 5.91 Å². The maximum absolute atomic E-state index is 14.9. The molecule has 240 valence electrons. The number of Topliss-reactive ketones (excluding diaryl/α,β-unsaturated/α-hetero) is 1. The minimum atomic E-state index is -4.90. The molecule has 0 heterocycles. The number of amides is 2. The third kappa shape index (κ3) is 7.85. The molecule has 0 saturated heterocycles. The third-order valence-corrected chi connectivity index (χ3v) is 7.90. The summed E-state index contributed by atoms with van der Waals surface area (Å²) in [6.45, 7) is 0. The maximum Gasteiger partial charge on any atom is 0.416 e. The standard InChI is InChI=1S/C28H16Cl3F9N2O3/c29-18-2-1-14(41-25(45)22-21(27(22,30)31)11-5-12(28(38,39)40)7-13(32)6-11)8-16(18)24(44)42-20-4-3-19(33)17(23(20)34)9-15(43)10-26(35,36)37/h1-8,21-22H,9-10H2,(H,41,45)(H,42,44)/t21-,22+/m0/s1. The van der Waals surface area contributed by atoms with Gasteiger partial charge in [-0.25, -0.2) is 13.2 Å². The van der Waals surface area contributed by atoms with Gasteiger partial charge in [0.15, 0.2) is 5.82 Å². The predicted octanol–water partition coefficient (Wildman–Crippen LogP) is 8.62. The van der Waals surface area contributed by atoms with Crippen molar-refractivity contribution in [2.45, 2.75) is 35.4 Å². The molecule has 0 radical (unpaired) electrons. The van der Waals surface area contributed by atoms with E-state index in [1.54, 1.807) is 0 Å². The zero-order valence-electron chi connectivity index (χ0n) is 21.9. The van der Waals surface area contributed by atoms with Gasteiger partial charge >= 0.3 is 12.4 Å². The monoisotopic (exact) mass is 704 g/mol. The Bertz CT molecular complexity index is 1690. The first-order chi connectivity index (χ1) is 20.7. The molecular formula is C28H16Cl3F9N2O3. The van der Waals surface area contributed by atoms with Crippen LogP contribution in [-0.4, -0.2) is 28.1 Å². The van der Waals surface area contributed by atoms with Crippen LogP contribution in [0.5, 0.6) is 0 Å². The van der Waals surface area contributed by atoms with E-state index in [1.807, 2.05) is 0 Å². The van der Waals surface area contributed by atoms with E-state index in [1.165, 1.54) is 6.07 Å². The lowest BCUT2D eigenvalue weighted by atomic mass is 10.0. The molecule has 2 N–H and O–H groups in total. The van der Waals surface area contributed by atoms with E-state index in [4.69, 9.17) is 34.8 Å². The molecule has 2 amide bonds. The Kier molecular flexibility index (Phi) is 9.45. The lowest BCUT2D eigenvalue weighted by Gasteiger charge is -2.13. The molecule has 3 aromatic carbocycles. The van der Waals surface area contributed by atoms with E-state index in [9.17, 15) is 53.9 Å². The molecule has 0 spiro atoms. The molecule has 4 rings (SSSR count). The van der Waals surface area contributed by atoms with Crippen molar-refractivity contribution in [3.8, 4) is 0 Å². The van der Waals surface area contributed by atoms with E-state index in [-0.39, 0.29) is 27.9 Å². The van der Waals surface area contributed by atoms with Crippen LogP contribution in [0.25, 0.3) is 0 Å². The van der Waals surface area contributed by atoms with Gasteiger partial charge in [0.1, 0.15) is 28.2 Å². The Morgan fingerprint density at radius 1 is 0.867 bits per heavy atom. The molecule has 1 saturated carbocycles. The molecule has 1 aliphatic rings. The van der Waals surface area contributed by atoms with Crippen LogP contribution >= 0.6 is 34.8 Å². The number of rotatable bonds is 8. The van der Waals surface area contributed by atoms with Gasteiger partial charge in [-0.15, -0.1) is 23.2 Å². The van der Waals surface area contributed by atoms with E-state index in [0.29, 0.717) is 12.1 Å². The molecule has 45 heavy (non-hydrogen) atoms. The van der Waals surface area contributed by atoms with Crippen molar-refractivity contribution < 1.29 is 53.9 Å². The average molecular weight is 706 g/mol. The number of halogens is 12. The largest absolute Gasteiger partial charge is 0.416 e. The van der Waals surface area contributed by atoms with Crippen molar-refractivity contribution in [2.24, 2.45) is 5.92 Å². The summed E-state index contributed by atoms with van der Waals surface area (Å²) in [4.78, 5) is 37.5. The minimum Gasteiger partial charge on any atom is -0.326 e. The summed E-state index contributed by atoms with van der Waals surface area (Å²) in [5.41, 5.74) is -3.83. The average Bonchev–Trinajstić information content (AvgIpc) is 3.49. The number of nitrogens with one attached hydrogen (secondary N) is 2. The summed E-state index contributed by atoms with van der Waals surface area (Å²) in [7, 11) is 0. The molecule has 0 unspecified atom stereocenters. The van der Waals surface area contributed by atoms with Gasteiger partial charge in [-0.3, -0.25) is 14.4 Å². The summed E-state index contributed by atoms with van der Waals surface area (Å²) in [5.74, 6) is -10.2. The van der Waals surface area contributed by atoms with Crippen LogP contribution in [0.1, 0.15) is 39.4 Å². The van der Waals surface area contributed by atoms with E-state index < -0.39 is 93.2 Å². The van der Waals surface area contributed by atoms with Crippen molar-refractivity contribution in [2.75, 3.05) is 10.6 Å². The maximum atomic E-state index is 14.9. The first-order valence-electron chi connectivity index (χ1n) is 12.4. The first kappa shape index (κ1) is 34.4. The van der Waals surface area contributed by atoms with Crippen molar-refractivity contribution in [1.82, 2.24) is 0 Å². The SMILES string of the molecule is O=C(Cc1c(F)ccc(NC(=O)c2cc(NC(=O)[C@H]3[C@H](c4cc(F)cc(C(F)(F)F)c4)C3(Cl)Cl)ccc2Cl)c1F)CC(F)(F)F. The number of alkyl halides is 8. The van der Waals surface area contributed by atoms with E-state index in [2.05, 4.69) is 10.6 Å². The van der Waals surface area contributed by atoms with Crippen molar-refractivity contribution in [1.29, 1.82) is 0 Å². The highest BCUT2D eigenvalue weighted by Gasteiger charge is 2.67. The normalized spacial score (nSPS) is 17.5. The molecule has 1 aliphatic carbocycles. The quantitative estimate of drug-likeness (QED) is 0.182. The number of benzene rings is 3. The van der Waals surface area contributed by atoms with Crippen LogP contribution < -0.4 is 10.6 Å². The van der Waals surface area contributed by atoms with Crippen molar-refractivity contribution in [3.05, 3.63) is 93.3 Å². The fraction of sp³-hybridized carbons (Fsp3) is 0.250. The second-order valence-electron chi connectivity index (χ2n) is 9.93. The zero-order valence-corrected chi connectivity index (χ0v) is 24.2. The van der Waals surface area contributed by atoms with E-state index in [0.717, 1.165) is 24.3 Å². The van der Waals surface area contributed by atoms with Gasteiger partial charge in [0.25, 0.3) is 5.91 Å². The molecule has 3 aromatic rings. The van der Waals surface area contributed by atoms with Gasteiger partial charge in [-0.1, -0.05) is 11.6 Å². The number of anilines is 2. The Balaban J connectivity index is 1.52. The molecule has 0 bridgehead atoms. The van der Waals surface area contributed by atoms with Gasteiger partial charge in [-0.05, 0) is 54.1 Å². The lowest BCUT2D eigenvalue weighted by Crippen LogP contribution is -2.19. The van der Waals surface area contributed by atoms with Crippen molar-refractivity contribution >= 4 is 63.8 Å². The second kappa shape index (κ2) is 12.4. The smallest absolute Gasteiger partial charge is 0.326 e. The highest BCUT2D eigenvalue weighted by atomic mass is 35.5. The summed E-state index contributed by atoms with van der Waals surface area (Å²) < 4.78 is 118. The number of hydrogen-bond acceptors (Lipinski definition) is 3. The predicted molar refractivity (Wildman–Crippen MR) is 146 cm³/mol. The van der Waals surface area contributed by atoms with Crippen LogP contribution in [0.4, 0.5) is 50.9 Å². The van der Waals surface area contributed by atoms with E-state index >= 15 is 0 Å². The van der Waals surface area contributed by atoms with Gasteiger partial charge in [0, 0.05) is 23.6 Å². The highest BCUT2D eigenvalue weighted by molar-refractivity contribution is 6.53. The molecule has 5 nitrogen and oxygen atoms in total. The number of carbonyl (C=O) groups excluding carboxylic acids is 3. The fourth-order valence-corrected chi connectivity index (χ4v) is 5.58. The Morgan fingerprint density at radius 2 is 1.53 bits per heavy atom. The molecule has 2 atom stereocenters. The van der Waals surface area contributed by atoms with Gasteiger partial charge < -0.3 is 10.6 Å². The molecule has 17 heteroatoms. The topological polar surface area (TPSA) is 75.3 Å².